The summed E-state index contributed by atoms with van der Waals surface area (Å²) >= 11 is 0. The Morgan fingerprint density at radius 1 is 1.00 bits per heavy atom. The van der Waals surface area contributed by atoms with E-state index in [9.17, 15) is 24.2 Å². The number of aliphatic hydroxyl groups excluding tert-OH is 4. The number of nitrogens with two attached hydrogens (primary N) is 1. The highest BCUT2D eigenvalue weighted by Gasteiger charge is 2.42. The van der Waals surface area contributed by atoms with Crippen LogP contribution < -0.4 is 5.73 Å². The minimum absolute atomic E-state index is 0. The molecule has 12 nitrogen and oxygen atoms in total. The zero-order valence-electron chi connectivity index (χ0n) is 13.6. The molecule has 0 aliphatic rings. The first kappa shape index (κ1) is 27.6. The maximum absolute atomic E-state index is 12.0. The van der Waals surface area contributed by atoms with Gasteiger partial charge in [0.25, 0.3) is 0 Å². The number of ether oxygens (including phenoxy) is 1. The van der Waals surface area contributed by atoms with E-state index in [0.29, 0.717) is 0 Å². The van der Waals surface area contributed by atoms with Crippen molar-refractivity contribution >= 4 is 27.6 Å². The van der Waals surface area contributed by atoms with Crippen molar-refractivity contribution in [2.75, 3.05) is 19.8 Å². The molecule has 0 aliphatic carbocycles. The molecule has 0 saturated carbocycles. The fourth-order valence-corrected chi connectivity index (χ4v) is 3.46. The highest BCUT2D eigenvalue weighted by atomic mass is 35.5. The Kier molecular flexibility index (Phi) is 11.7. The van der Waals surface area contributed by atoms with Gasteiger partial charge in [-0.3, -0.25) is 9.13 Å². The highest BCUT2D eigenvalue weighted by Crippen LogP contribution is 2.52. The summed E-state index contributed by atoms with van der Waals surface area (Å²) < 4.78 is 32.4. The van der Waals surface area contributed by atoms with E-state index in [0.717, 1.165) is 6.92 Å². The fourth-order valence-electron chi connectivity index (χ4n) is 1.42. The summed E-state index contributed by atoms with van der Waals surface area (Å²) in [6, 6.07) is 0. The Labute approximate surface area is 150 Å². The summed E-state index contributed by atoms with van der Waals surface area (Å²) in [6.07, 6.45) is -3.10. The SMILES string of the molecule is CC(OP(=O)(O)C(O)C(C)OCC(N)(CO)CO)C(O)P(=O)(O)O.Cl. The number of rotatable bonds is 11. The van der Waals surface area contributed by atoms with Crippen LogP contribution in [-0.4, -0.2) is 84.4 Å². The zero-order chi connectivity index (χ0) is 19.3. The van der Waals surface area contributed by atoms with E-state index in [4.69, 9.17) is 30.5 Å². The van der Waals surface area contributed by atoms with Gasteiger partial charge in [0.05, 0.1) is 31.5 Å². The summed E-state index contributed by atoms with van der Waals surface area (Å²) in [5.41, 5.74) is 4.00. The van der Waals surface area contributed by atoms with Crippen LogP contribution in [0.25, 0.3) is 0 Å². The van der Waals surface area contributed by atoms with Crippen LogP contribution in [-0.2, 0) is 18.4 Å². The minimum Gasteiger partial charge on any atom is -0.394 e. The fraction of sp³-hybridized carbons (Fsp3) is 1.00. The van der Waals surface area contributed by atoms with Gasteiger partial charge in [-0.25, -0.2) is 0 Å². The molecule has 5 atom stereocenters. The van der Waals surface area contributed by atoms with Crippen molar-refractivity contribution in [2.45, 2.75) is 43.3 Å². The van der Waals surface area contributed by atoms with Crippen molar-refractivity contribution in [3.05, 3.63) is 0 Å². The van der Waals surface area contributed by atoms with E-state index in [1.165, 1.54) is 6.92 Å². The van der Waals surface area contributed by atoms with Crippen molar-refractivity contribution < 1.29 is 53.5 Å². The van der Waals surface area contributed by atoms with Crippen LogP contribution >= 0.6 is 27.6 Å². The molecular formula is C10H26ClNO11P2. The Bertz CT molecular complexity index is 485. The minimum atomic E-state index is -4.98. The van der Waals surface area contributed by atoms with Crippen LogP contribution in [0, 0.1) is 0 Å². The third-order valence-electron chi connectivity index (χ3n) is 3.10. The molecule has 15 heteroatoms. The quantitative estimate of drug-likeness (QED) is 0.164. The number of hydrogen-bond acceptors (Lipinski definition) is 9. The summed E-state index contributed by atoms with van der Waals surface area (Å²) in [5.74, 6) is -4.49. The third-order valence-corrected chi connectivity index (χ3v) is 5.93. The molecule has 0 aromatic carbocycles. The van der Waals surface area contributed by atoms with Crippen molar-refractivity contribution in [1.82, 2.24) is 0 Å². The van der Waals surface area contributed by atoms with Crippen molar-refractivity contribution in [2.24, 2.45) is 5.73 Å². The first-order valence-corrected chi connectivity index (χ1v) is 10.1. The first-order chi connectivity index (χ1) is 10.7. The van der Waals surface area contributed by atoms with Crippen molar-refractivity contribution in [1.29, 1.82) is 0 Å². The Morgan fingerprint density at radius 2 is 1.44 bits per heavy atom. The lowest BCUT2D eigenvalue weighted by atomic mass is 10.1. The van der Waals surface area contributed by atoms with Crippen LogP contribution in [0.3, 0.4) is 0 Å². The predicted octanol–water partition coefficient (Wildman–Crippen LogP) is -2.10. The van der Waals surface area contributed by atoms with Crippen LogP contribution in [0.1, 0.15) is 13.8 Å². The Balaban J connectivity index is 0. The molecule has 0 heterocycles. The van der Waals surface area contributed by atoms with E-state index in [2.05, 4.69) is 4.52 Å². The lowest BCUT2D eigenvalue weighted by Gasteiger charge is -2.30. The van der Waals surface area contributed by atoms with Gasteiger partial charge in [-0.15, -0.1) is 12.4 Å². The van der Waals surface area contributed by atoms with Gasteiger partial charge >= 0.3 is 15.2 Å². The smallest absolute Gasteiger partial charge is 0.359 e. The van der Waals surface area contributed by atoms with E-state index in [1.54, 1.807) is 0 Å². The second-order valence-electron chi connectivity index (χ2n) is 5.49. The molecule has 0 spiro atoms. The molecule has 0 bridgehead atoms. The van der Waals surface area contributed by atoms with Gasteiger partial charge < -0.3 is 50.1 Å². The summed E-state index contributed by atoms with van der Waals surface area (Å²) in [7, 11) is -9.84. The Morgan fingerprint density at radius 3 is 1.80 bits per heavy atom. The summed E-state index contributed by atoms with van der Waals surface area (Å²) in [4.78, 5) is 27.3. The summed E-state index contributed by atoms with van der Waals surface area (Å²) in [5, 5.41) is 37.1. The number of aliphatic hydroxyl groups is 4. The second-order valence-corrected chi connectivity index (χ2v) is 9.06. The average molecular weight is 434 g/mol. The maximum atomic E-state index is 12.0. The van der Waals surface area contributed by atoms with Gasteiger partial charge in [0.2, 0.25) is 0 Å². The molecule has 0 radical (unpaired) electrons. The van der Waals surface area contributed by atoms with Crippen molar-refractivity contribution in [3.63, 3.8) is 0 Å². The number of hydrogen-bond donors (Lipinski definition) is 8. The third kappa shape index (κ3) is 8.72. The van der Waals surface area contributed by atoms with Gasteiger partial charge in [-0.05, 0) is 13.8 Å². The first-order valence-electron chi connectivity index (χ1n) is 6.74. The summed E-state index contributed by atoms with van der Waals surface area (Å²) in [6.45, 7) is 0.360. The standard InChI is InChI=1S/C10H25NO11P2.ClH/c1-6(21-5-10(11,3-12)4-13)9(15)24(19,20)22-7(2)8(14)23(16,17)18;/h6-9,12-15H,3-5,11H2,1-2H3,(H,19,20)(H2,16,17,18);1H. The largest absolute Gasteiger partial charge is 0.394 e. The maximum Gasteiger partial charge on any atom is 0.359 e. The lowest BCUT2D eigenvalue weighted by molar-refractivity contribution is -0.0470. The molecule has 9 N–H and O–H groups in total. The second kappa shape index (κ2) is 10.6. The average Bonchev–Trinajstić information content (AvgIpc) is 2.49. The van der Waals surface area contributed by atoms with E-state index in [1.807, 2.05) is 0 Å². The van der Waals surface area contributed by atoms with E-state index >= 15 is 0 Å². The van der Waals surface area contributed by atoms with E-state index in [-0.39, 0.29) is 12.4 Å². The molecule has 0 amide bonds. The molecule has 5 unspecified atom stereocenters. The molecule has 154 valence electrons. The zero-order valence-corrected chi connectivity index (χ0v) is 16.2. The predicted molar refractivity (Wildman–Crippen MR) is 88.2 cm³/mol. The van der Waals surface area contributed by atoms with Crippen molar-refractivity contribution in [3.8, 4) is 0 Å². The molecule has 25 heavy (non-hydrogen) atoms. The molecule has 0 saturated heterocycles. The topological polar surface area (TPSA) is 220 Å². The molecular weight excluding hydrogens is 408 g/mol. The monoisotopic (exact) mass is 433 g/mol. The van der Waals surface area contributed by atoms with Gasteiger partial charge in [0, 0.05) is 0 Å². The van der Waals surface area contributed by atoms with Crippen LogP contribution in [0.15, 0.2) is 0 Å². The Hall–Kier alpha value is 0.350. The molecule has 0 aromatic heterocycles. The van der Waals surface area contributed by atoms with Gasteiger partial charge in [-0.1, -0.05) is 0 Å². The molecule has 0 rings (SSSR count). The molecule has 0 aliphatic heterocycles. The van der Waals surface area contributed by atoms with E-state index < -0.39 is 64.4 Å². The highest BCUT2D eigenvalue weighted by molar-refractivity contribution is 7.54. The van der Waals surface area contributed by atoms with Gasteiger partial charge in [-0.2, -0.15) is 0 Å². The molecule has 0 aromatic rings. The lowest BCUT2D eigenvalue weighted by Crippen LogP contribution is -2.52. The van der Waals surface area contributed by atoms with Gasteiger partial charge in [0.1, 0.15) is 6.10 Å². The van der Waals surface area contributed by atoms with Crippen LogP contribution in [0.2, 0.25) is 0 Å². The number of halogens is 1. The van der Waals surface area contributed by atoms with Gasteiger partial charge in [0.15, 0.2) is 11.7 Å². The molecule has 0 fully saturated rings. The van der Waals surface area contributed by atoms with Crippen LogP contribution in [0.4, 0.5) is 0 Å². The normalized spacial score (nSPS) is 20.1. The van der Waals surface area contributed by atoms with Crippen LogP contribution in [0.5, 0.6) is 0 Å².